The Morgan fingerprint density at radius 1 is 1.27 bits per heavy atom. The molecule has 0 bridgehead atoms. The van der Waals surface area contributed by atoms with Gasteiger partial charge in [-0.05, 0) is 24.1 Å². The zero-order chi connectivity index (χ0) is 16.1. The van der Waals surface area contributed by atoms with Crippen molar-refractivity contribution in [2.24, 2.45) is 0 Å². The van der Waals surface area contributed by atoms with Gasteiger partial charge in [-0.25, -0.2) is 9.99 Å². The second-order valence-corrected chi connectivity index (χ2v) is 4.74. The Labute approximate surface area is 127 Å². The lowest BCUT2D eigenvalue weighted by molar-refractivity contribution is -0.385. The Hall–Kier alpha value is -2.74. The molecule has 0 spiro atoms. The fourth-order valence-corrected chi connectivity index (χ4v) is 1.80. The molecular weight excluding hydrogens is 286 g/mol. The van der Waals surface area contributed by atoms with E-state index in [1.54, 1.807) is 31.2 Å². The maximum absolute atomic E-state index is 11.3. The van der Waals surface area contributed by atoms with Crippen molar-refractivity contribution in [3.8, 4) is 11.6 Å². The molecule has 0 aliphatic heterocycles. The van der Waals surface area contributed by atoms with Gasteiger partial charge >= 0.3 is 11.6 Å². The Kier molecular flexibility index (Phi) is 4.84. The smallest absolute Gasteiger partial charge is 0.374 e. The van der Waals surface area contributed by atoms with Crippen LogP contribution < -0.4 is 10.2 Å². The van der Waals surface area contributed by atoms with Gasteiger partial charge in [-0.15, -0.1) is 0 Å². The molecule has 8 nitrogen and oxygen atoms in total. The van der Waals surface area contributed by atoms with Crippen LogP contribution >= 0.6 is 0 Å². The van der Waals surface area contributed by atoms with Crippen molar-refractivity contribution in [1.82, 2.24) is 15.0 Å². The second kappa shape index (κ2) is 6.81. The van der Waals surface area contributed by atoms with Crippen LogP contribution in [0.15, 0.2) is 30.6 Å². The number of hydrazine groups is 1. The highest BCUT2D eigenvalue weighted by Gasteiger charge is 2.25. The number of nitro groups is 1. The molecule has 22 heavy (non-hydrogen) atoms. The fourth-order valence-electron chi connectivity index (χ4n) is 1.80. The third kappa shape index (κ3) is 3.67. The quantitative estimate of drug-likeness (QED) is 0.647. The van der Waals surface area contributed by atoms with E-state index in [0.29, 0.717) is 5.75 Å². The molecule has 1 N–H and O–H groups in total. The van der Waals surface area contributed by atoms with Crippen LogP contribution in [0, 0.1) is 10.1 Å². The summed E-state index contributed by atoms with van der Waals surface area (Å²) < 4.78 is 5.54. The number of benzene rings is 1. The molecule has 0 saturated carbocycles. The summed E-state index contributed by atoms with van der Waals surface area (Å²) >= 11 is 0. The summed E-state index contributed by atoms with van der Waals surface area (Å²) in [5, 5.41) is 12.9. The first-order chi connectivity index (χ1) is 10.5. The van der Waals surface area contributed by atoms with Crippen LogP contribution in [-0.4, -0.2) is 34.0 Å². The van der Waals surface area contributed by atoms with Gasteiger partial charge < -0.3 is 4.74 Å². The average Bonchev–Trinajstić information content (AvgIpc) is 2.47. The summed E-state index contributed by atoms with van der Waals surface area (Å²) in [7, 11) is 3.41. The van der Waals surface area contributed by atoms with Crippen LogP contribution in [0.4, 0.5) is 11.5 Å². The second-order valence-electron chi connectivity index (χ2n) is 4.74. The molecule has 0 atom stereocenters. The average molecular weight is 303 g/mol. The van der Waals surface area contributed by atoms with E-state index < -0.39 is 4.92 Å². The van der Waals surface area contributed by atoms with E-state index in [1.165, 1.54) is 6.33 Å². The van der Waals surface area contributed by atoms with E-state index in [9.17, 15) is 10.1 Å². The molecule has 2 aromatic rings. The Bertz CT molecular complexity index is 658. The molecule has 0 radical (unpaired) electrons. The number of anilines is 1. The third-order valence-corrected chi connectivity index (χ3v) is 2.85. The lowest BCUT2D eigenvalue weighted by atomic mass is 10.2. The molecule has 0 aliphatic rings. The van der Waals surface area contributed by atoms with Gasteiger partial charge in [-0.2, -0.15) is 4.98 Å². The number of hydrogen-bond donors (Lipinski definition) is 1. The highest BCUT2D eigenvalue weighted by Crippen LogP contribution is 2.34. The minimum Gasteiger partial charge on any atom is -0.434 e. The highest BCUT2D eigenvalue weighted by atomic mass is 16.6. The van der Waals surface area contributed by atoms with Crippen molar-refractivity contribution in [1.29, 1.82) is 0 Å². The number of nitrogens with zero attached hydrogens (tertiary/aromatic N) is 4. The summed E-state index contributed by atoms with van der Waals surface area (Å²) in [6.45, 7) is 2.05. The first kappa shape index (κ1) is 15.6. The summed E-state index contributed by atoms with van der Waals surface area (Å²) in [4.78, 5) is 18.5. The van der Waals surface area contributed by atoms with Crippen molar-refractivity contribution in [3.63, 3.8) is 0 Å². The van der Waals surface area contributed by atoms with Crippen molar-refractivity contribution in [2.45, 2.75) is 13.3 Å². The fraction of sp³-hybridized carbons (Fsp3) is 0.286. The summed E-state index contributed by atoms with van der Waals surface area (Å²) in [5.41, 5.74) is 3.60. The molecule has 116 valence electrons. The topological polar surface area (TPSA) is 93.4 Å². The molecule has 0 amide bonds. The minimum atomic E-state index is -0.568. The lowest BCUT2D eigenvalue weighted by Gasteiger charge is -2.13. The van der Waals surface area contributed by atoms with Gasteiger partial charge in [0.2, 0.25) is 5.82 Å². The van der Waals surface area contributed by atoms with Crippen LogP contribution in [0.1, 0.15) is 12.5 Å². The van der Waals surface area contributed by atoms with Crippen LogP contribution in [0.5, 0.6) is 11.6 Å². The van der Waals surface area contributed by atoms with Crippen LogP contribution in [0.2, 0.25) is 0 Å². The minimum absolute atomic E-state index is 0.0742. The number of rotatable bonds is 6. The maximum atomic E-state index is 11.3. The monoisotopic (exact) mass is 303 g/mol. The number of aryl methyl sites for hydroxylation is 1. The largest absolute Gasteiger partial charge is 0.434 e. The van der Waals surface area contributed by atoms with Gasteiger partial charge in [0.05, 0.1) is 4.92 Å². The zero-order valence-corrected chi connectivity index (χ0v) is 12.6. The van der Waals surface area contributed by atoms with Crippen molar-refractivity contribution >= 4 is 11.5 Å². The molecule has 2 rings (SSSR count). The van der Waals surface area contributed by atoms with E-state index in [4.69, 9.17) is 4.74 Å². The first-order valence-corrected chi connectivity index (χ1v) is 6.71. The van der Waals surface area contributed by atoms with Crippen LogP contribution in [-0.2, 0) is 6.42 Å². The van der Waals surface area contributed by atoms with E-state index in [1.807, 2.05) is 19.1 Å². The van der Waals surface area contributed by atoms with Gasteiger partial charge in [0.15, 0.2) is 0 Å². The number of ether oxygens (including phenoxy) is 1. The summed E-state index contributed by atoms with van der Waals surface area (Å²) in [5.74, 6) is 0.452. The molecule has 0 unspecified atom stereocenters. The highest BCUT2D eigenvalue weighted by molar-refractivity contribution is 5.61. The standard InChI is InChI=1S/C14H17N5O3/c1-4-10-5-7-11(8-6-10)22-14-12(19(20)21)13(15-9-16-14)17-18(2)3/h5-9H,4H2,1-3H3,(H,15,16,17). The molecule has 0 saturated heterocycles. The first-order valence-electron chi connectivity index (χ1n) is 6.71. The predicted octanol–water partition coefficient (Wildman–Crippen LogP) is 2.63. The molecule has 0 fully saturated rings. The molecule has 1 aromatic heterocycles. The van der Waals surface area contributed by atoms with Gasteiger partial charge in [-0.1, -0.05) is 19.1 Å². The van der Waals surface area contributed by atoms with E-state index in [-0.39, 0.29) is 17.4 Å². The number of aromatic nitrogens is 2. The van der Waals surface area contributed by atoms with Gasteiger partial charge in [0, 0.05) is 14.1 Å². The lowest BCUT2D eigenvalue weighted by Crippen LogP contribution is -2.21. The molecule has 1 aromatic carbocycles. The van der Waals surface area contributed by atoms with E-state index in [0.717, 1.165) is 12.0 Å². The van der Waals surface area contributed by atoms with Gasteiger partial charge in [-0.3, -0.25) is 15.5 Å². The van der Waals surface area contributed by atoms with Crippen LogP contribution in [0.3, 0.4) is 0 Å². The molecular formula is C14H17N5O3. The van der Waals surface area contributed by atoms with Crippen LogP contribution in [0.25, 0.3) is 0 Å². The van der Waals surface area contributed by atoms with Crippen molar-refractivity contribution < 1.29 is 9.66 Å². The number of nitrogens with one attached hydrogen (secondary N) is 1. The summed E-state index contributed by atoms with van der Waals surface area (Å²) in [6.07, 6.45) is 2.12. The molecule has 1 heterocycles. The Morgan fingerprint density at radius 3 is 2.50 bits per heavy atom. The van der Waals surface area contributed by atoms with Gasteiger partial charge in [0.25, 0.3) is 0 Å². The number of hydrogen-bond acceptors (Lipinski definition) is 7. The van der Waals surface area contributed by atoms with Gasteiger partial charge in [0.1, 0.15) is 12.1 Å². The van der Waals surface area contributed by atoms with E-state index >= 15 is 0 Å². The third-order valence-electron chi connectivity index (χ3n) is 2.85. The molecule has 8 heteroatoms. The Morgan fingerprint density at radius 2 is 1.95 bits per heavy atom. The van der Waals surface area contributed by atoms with Crippen molar-refractivity contribution in [2.75, 3.05) is 19.5 Å². The van der Waals surface area contributed by atoms with E-state index in [2.05, 4.69) is 15.4 Å². The predicted molar refractivity (Wildman–Crippen MR) is 81.9 cm³/mol. The zero-order valence-electron chi connectivity index (χ0n) is 12.6. The summed E-state index contributed by atoms with van der Waals surface area (Å²) in [6, 6.07) is 7.32. The molecule has 0 aliphatic carbocycles. The van der Waals surface area contributed by atoms with Crippen molar-refractivity contribution in [3.05, 3.63) is 46.3 Å². The SMILES string of the molecule is CCc1ccc(Oc2ncnc(NN(C)C)c2[N+](=O)[O-])cc1. The normalized spacial score (nSPS) is 10.5. The maximum Gasteiger partial charge on any atom is 0.374 e. The Balaban J connectivity index is 2.34.